The quantitative estimate of drug-likeness (QED) is 0.518. The number of ketones is 1. The Balaban J connectivity index is 2.05. The Labute approximate surface area is 150 Å². The molecule has 0 saturated carbocycles. The van der Waals surface area contributed by atoms with Gasteiger partial charge < -0.3 is 9.47 Å². The van der Waals surface area contributed by atoms with Crippen molar-refractivity contribution in [2.45, 2.75) is 20.3 Å². The molecule has 1 atom stereocenters. The Hall–Kier alpha value is -2.19. The molecule has 2 rings (SSSR count). The fourth-order valence-electron chi connectivity index (χ4n) is 2.83. The summed E-state index contributed by atoms with van der Waals surface area (Å²) in [6.45, 7) is 3.88. The number of hydrogen-bond acceptors (Lipinski definition) is 4. The molecule has 1 unspecified atom stereocenters. The molecule has 0 spiro atoms. The molecule has 0 N–H and O–H groups in total. The van der Waals surface area contributed by atoms with Crippen LogP contribution >= 0.6 is 8.58 Å². The summed E-state index contributed by atoms with van der Waals surface area (Å²) >= 11 is 0. The smallest absolute Gasteiger partial charge is 0.188 e. The summed E-state index contributed by atoms with van der Waals surface area (Å²) in [6, 6.07) is 11.1. The first kappa shape index (κ1) is 19.1. The highest BCUT2D eigenvalue weighted by Crippen LogP contribution is 2.34. The van der Waals surface area contributed by atoms with Gasteiger partial charge in [0.1, 0.15) is 17.1 Å². The summed E-state index contributed by atoms with van der Waals surface area (Å²) in [5, 5.41) is 0. The Bertz CT molecular complexity index is 741. The molecule has 0 heterocycles. The van der Waals surface area contributed by atoms with E-state index in [2.05, 4.69) is 0 Å². The van der Waals surface area contributed by atoms with Crippen molar-refractivity contribution in [1.82, 2.24) is 0 Å². The van der Waals surface area contributed by atoms with Crippen LogP contribution in [0.1, 0.15) is 38.3 Å². The van der Waals surface area contributed by atoms with Crippen LogP contribution in [-0.2, 0) is 0 Å². The van der Waals surface area contributed by atoms with Crippen LogP contribution in [0.15, 0.2) is 36.4 Å². The maximum absolute atomic E-state index is 12.6. The molecule has 4 nitrogen and oxygen atoms in total. The number of ether oxygens (including phenoxy) is 2. The number of methoxy groups -OCH3 is 2. The van der Waals surface area contributed by atoms with Crippen molar-refractivity contribution in [2.75, 3.05) is 20.4 Å². The molecule has 0 saturated heterocycles. The zero-order valence-electron chi connectivity index (χ0n) is 15.0. The summed E-state index contributed by atoms with van der Waals surface area (Å²) in [7, 11) is 3.05. The van der Waals surface area contributed by atoms with Gasteiger partial charge in [0.2, 0.25) is 0 Å². The summed E-state index contributed by atoms with van der Waals surface area (Å²) in [6.07, 6.45) is 0.875. The number of aryl methyl sites for hydroxylation is 2. The fourth-order valence-corrected chi connectivity index (χ4v) is 3.83. The lowest BCUT2D eigenvalue weighted by atomic mass is 9.98. The van der Waals surface area contributed by atoms with Crippen molar-refractivity contribution in [3.63, 3.8) is 0 Å². The number of carbonyl (C=O) groups excluding carboxylic acids is 2. The SMILES string of the molecule is COc1cccc(OC)c1C(=O)PCCC(=O)c1c(C)cccc1C. The lowest BCUT2D eigenvalue weighted by molar-refractivity contribution is 0.0988. The molecule has 2 aromatic rings. The van der Waals surface area contributed by atoms with E-state index in [-0.39, 0.29) is 19.9 Å². The summed E-state index contributed by atoms with van der Waals surface area (Å²) in [5.74, 6) is 1.08. The normalized spacial score (nSPS) is 10.9. The monoisotopic (exact) mass is 358 g/mol. The van der Waals surface area contributed by atoms with Gasteiger partial charge in [0.25, 0.3) is 0 Å². The predicted octanol–water partition coefficient (Wildman–Crippen LogP) is 4.41. The second-order valence-corrected chi connectivity index (χ2v) is 7.04. The number of carbonyl (C=O) groups is 2. The van der Waals surface area contributed by atoms with E-state index in [4.69, 9.17) is 9.47 Å². The number of Topliss-reactive ketones (excluding diaryl/α,β-unsaturated/α-hetero) is 1. The van der Waals surface area contributed by atoms with Gasteiger partial charge in [-0.05, 0) is 51.8 Å². The molecule has 132 valence electrons. The molecule has 0 amide bonds. The average molecular weight is 358 g/mol. The molecular weight excluding hydrogens is 335 g/mol. The van der Waals surface area contributed by atoms with E-state index in [9.17, 15) is 9.59 Å². The largest absolute Gasteiger partial charge is 0.496 e. The van der Waals surface area contributed by atoms with Gasteiger partial charge in [-0.3, -0.25) is 9.59 Å². The molecule has 0 fully saturated rings. The standard InChI is InChI=1S/C20H23O4P/c1-13-7-5-8-14(2)18(13)15(21)11-12-25-20(22)19-16(23-3)9-6-10-17(19)24-4/h5-10,25H,11-12H2,1-4H3. The first-order chi connectivity index (χ1) is 12.0. The van der Waals surface area contributed by atoms with Gasteiger partial charge in [-0.25, -0.2) is 0 Å². The molecule has 25 heavy (non-hydrogen) atoms. The molecule has 0 radical (unpaired) electrons. The molecule has 0 aliphatic rings. The van der Waals surface area contributed by atoms with E-state index in [0.717, 1.165) is 16.7 Å². The zero-order valence-corrected chi connectivity index (χ0v) is 16.0. The first-order valence-corrected chi connectivity index (χ1v) is 9.29. The van der Waals surface area contributed by atoms with Gasteiger partial charge in [-0.15, -0.1) is 0 Å². The average Bonchev–Trinajstić information content (AvgIpc) is 2.60. The van der Waals surface area contributed by atoms with Crippen LogP contribution < -0.4 is 9.47 Å². The minimum absolute atomic E-state index is 0.00621. The lowest BCUT2D eigenvalue weighted by Crippen LogP contribution is -2.07. The van der Waals surface area contributed by atoms with E-state index in [1.165, 1.54) is 14.2 Å². The van der Waals surface area contributed by atoms with Gasteiger partial charge in [-0.2, -0.15) is 0 Å². The van der Waals surface area contributed by atoms with E-state index in [1.54, 1.807) is 18.2 Å². The minimum Gasteiger partial charge on any atom is -0.496 e. The van der Waals surface area contributed by atoms with Gasteiger partial charge in [0.05, 0.1) is 14.2 Å². The summed E-state index contributed by atoms with van der Waals surface area (Å²) in [4.78, 5) is 25.1. The molecular formula is C20H23O4P. The molecule has 0 aromatic heterocycles. The summed E-state index contributed by atoms with van der Waals surface area (Å²) < 4.78 is 10.5. The van der Waals surface area contributed by atoms with E-state index < -0.39 is 0 Å². The fraction of sp³-hybridized carbons (Fsp3) is 0.300. The predicted molar refractivity (Wildman–Crippen MR) is 102 cm³/mol. The van der Waals surface area contributed by atoms with Crippen molar-refractivity contribution in [2.24, 2.45) is 0 Å². The van der Waals surface area contributed by atoms with Crippen LogP contribution in [0.4, 0.5) is 0 Å². The highest BCUT2D eigenvalue weighted by atomic mass is 31.1. The van der Waals surface area contributed by atoms with Gasteiger partial charge in [0, 0.05) is 12.0 Å². The third kappa shape index (κ3) is 4.46. The second-order valence-electron chi connectivity index (χ2n) is 5.73. The van der Waals surface area contributed by atoms with Gasteiger partial charge >= 0.3 is 0 Å². The minimum atomic E-state index is -0.0522. The van der Waals surface area contributed by atoms with Gasteiger partial charge in [-0.1, -0.05) is 24.3 Å². The first-order valence-electron chi connectivity index (χ1n) is 8.08. The lowest BCUT2D eigenvalue weighted by Gasteiger charge is -2.12. The van der Waals surface area contributed by atoms with Crippen LogP contribution in [0.3, 0.4) is 0 Å². The zero-order chi connectivity index (χ0) is 18.4. The second kappa shape index (κ2) is 8.77. The Morgan fingerprint density at radius 3 is 1.92 bits per heavy atom. The number of hydrogen-bond donors (Lipinski definition) is 0. The topological polar surface area (TPSA) is 52.6 Å². The molecule has 2 aromatic carbocycles. The van der Waals surface area contributed by atoms with Gasteiger partial charge in [0.15, 0.2) is 11.3 Å². The van der Waals surface area contributed by atoms with Crippen molar-refractivity contribution in [3.8, 4) is 11.5 Å². The van der Waals surface area contributed by atoms with Crippen LogP contribution in [0, 0.1) is 13.8 Å². The molecule has 5 heteroatoms. The third-order valence-electron chi connectivity index (χ3n) is 4.05. The van der Waals surface area contributed by atoms with Crippen LogP contribution in [0.25, 0.3) is 0 Å². The van der Waals surface area contributed by atoms with Crippen molar-refractivity contribution in [1.29, 1.82) is 0 Å². The van der Waals surface area contributed by atoms with Crippen LogP contribution in [0.5, 0.6) is 11.5 Å². The van der Waals surface area contributed by atoms with Crippen molar-refractivity contribution < 1.29 is 19.1 Å². The van der Waals surface area contributed by atoms with E-state index in [0.29, 0.717) is 29.6 Å². The maximum atomic E-state index is 12.6. The molecule has 0 aliphatic heterocycles. The van der Waals surface area contributed by atoms with Crippen LogP contribution in [0.2, 0.25) is 0 Å². The third-order valence-corrected chi connectivity index (χ3v) is 5.12. The summed E-state index contributed by atoms with van der Waals surface area (Å²) in [5.41, 5.74) is 3.13. The van der Waals surface area contributed by atoms with E-state index >= 15 is 0 Å². The number of benzene rings is 2. The Morgan fingerprint density at radius 2 is 1.40 bits per heavy atom. The molecule has 0 bridgehead atoms. The highest BCUT2D eigenvalue weighted by molar-refractivity contribution is 7.58. The van der Waals surface area contributed by atoms with Crippen molar-refractivity contribution in [3.05, 3.63) is 58.7 Å². The highest BCUT2D eigenvalue weighted by Gasteiger charge is 2.19. The maximum Gasteiger partial charge on any atom is 0.188 e. The van der Waals surface area contributed by atoms with Crippen molar-refractivity contribution >= 4 is 19.9 Å². The molecule has 0 aliphatic carbocycles. The Morgan fingerprint density at radius 1 is 0.880 bits per heavy atom. The van der Waals surface area contributed by atoms with E-state index in [1.807, 2.05) is 32.0 Å². The Kier molecular flexibility index (Phi) is 6.72. The van der Waals surface area contributed by atoms with Crippen LogP contribution in [-0.4, -0.2) is 31.7 Å². The number of rotatable bonds is 8.